The third kappa shape index (κ3) is 4.56. The van der Waals surface area contributed by atoms with Gasteiger partial charge in [0.05, 0.1) is 6.07 Å². The van der Waals surface area contributed by atoms with Gasteiger partial charge in [0.2, 0.25) is 0 Å². The lowest BCUT2D eigenvalue weighted by Gasteiger charge is -2.29. The molecule has 104 valence electrons. The second-order valence-corrected chi connectivity index (χ2v) is 5.76. The van der Waals surface area contributed by atoms with Crippen LogP contribution in [0.1, 0.15) is 33.1 Å². The predicted molar refractivity (Wildman–Crippen MR) is 75.5 cm³/mol. The van der Waals surface area contributed by atoms with E-state index in [-0.39, 0.29) is 5.54 Å². The van der Waals surface area contributed by atoms with Crippen molar-refractivity contribution in [3.8, 4) is 6.07 Å². The molecule has 1 aliphatic heterocycles. The Bertz CT molecular complexity index is 286. The summed E-state index contributed by atoms with van der Waals surface area (Å²) in [6, 6.07) is 3.09. The minimum Gasteiger partial charge on any atom is -0.305 e. The van der Waals surface area contributed by atoms with Gasteiger partial charge in [-0.1, -0.05) is 6.92 Å². The Hall–Kier alpha value is -0.630. The summed E-state index contributed by atoms with van der Waals surface area (Å²) in [6.07, 6.45) is 3.51. The smallest absolute Gasteiger partial charge is 0.105 e. The summed E-state index contributed by atoms with van der Waals surface area (Å²) in [6.45, 7) is 8.20. The lowest BCUT2D eigenvalue weighted by Crippen LogP contribution is -2.44. The normalized spacial score (nSPS) is 24.1. The largest absolute Gasteiger partial charge is 0.305 e. The number of nitriles is 1. The van der Waals surface area contributed by atoms with Crippen molar-refractivity contribution < 1.29 is 0 Å². The fourth-order valence-corrected chi connectivity index (χ4v) is 2.65. The molecular weight excluding hydrogens is 224 g/mol. The molecule has 2 unspecified atom stereocenters. The fourth-order valence-electron chi connectivity index (χ4n) is 2.65. The molecule has 1 fully saturated rings. The quantitative estimate of drug-likeness (QED) is 0.741. The number of likely N-dealkylation sites (tertiary alicyclic amines) is 1. The van der Waals surface area contributed by atoms with Gasteiger partial charge in [-0.15, -0.1) is 0 Å². The number of likely N-dealkylation sites (N-methyl/N-ethyl adjacent to an activating group) is 2. The first-order valence-corrected chi connectivity index (χ1v) is 7.06. The zero-order valence-corrected chi connectivity index (χ0v) is 12.4. The van der Waals surface area contributed by atoms with Gasteiger partial charge >= 0.3 is 0 Å². The van der Waals surface area contributed by atoms with Gasteiger partial charge in [0.1, 0.15) is 5.54 Å². The van der Waals surface area contributed by atoms with E-state index in [1.165, 1.54) is 19.4 Å². The molecule has 0 amide bonds. The van der Waals surface area contributed by atoms with Crippen LogP contribution in [0, 0.1) is 11.3 Å². The first kappa shape index (κ1) is 15.4. The highest BCUT2D eigenvalue weighted by molar-refractivity contribution is 5.03. The molecule has 0 saturated carbocycles. The minimum absolute atomic E-state index is 0.384. The average Bonchev–Trinajstić information content (AvgIpc) is 2.73. The van der Waals surface area contributed by atoms with Gasteiger partial charge in [-0.2, -0.15) is 5.26 Å². The first-order valence-electron chi connectivity index (χ1n) is 7.06. The molecule has 18 heavy (non-hydrogen) atoms. The van der Waals surface area contributed by atoms with Crippen molar-refractivity contribution in [2.24, 2.45) is 0 Å². The van der Waals surface area contributed by atoms with Gasteiger partial charge in [0, 0.05) is 19.1 Å². The van der Waals surface area contributed by atoms with Crippen molar-refractivity contribution in [3.05, 3.63) is 0 Å². The molecule has 1 rings (SSSR count). The van der Waals surface area contributed by atoms with Crippen LogP contribution >= 0.6 is 0 Å². The molecule has 0 aromatic heterocycles. The summed E-state index contributed by atoms with van der Waals surface area (Å²) in [4.78, 5) is 4.81. The van der Waals surface area contributed by atoms with Crippen LogP contribution < -0.4 is 5.32 Å². The van der Waals surface area contributed by atoms with Crippen molar-refractivity contribution >= 4 is 0 Å². The highest BCUT2D eigenvalue weighted by Gasteiger charge is 2.25. The summed E-state index contributed by atoms with van der Waals surface area (Å²) < 4.78 is 0. The molecule has 4 heteroatoms. The summed E-state index contributed by atoms with van der Waals surface area (Å²) in [5.74, 6) is 0. The highest BCUT2D eigenvalue weighted by atomic mass is 15.2. The standard InChI is InChI=1S/C14H28N4/c1-5-16-14(2,12-15)8-10-17(3)11-13-7-6-9-18(13)4/h13,16H,5-11H2,1-4H3. The Morgan fingerprint density at radius 1 is 1.56 bits per heavy atom. The maximum absolute atomic E-state index is 9.22. The van der Waals surface area contributed by atoms with E-state index < -0.39 is 0 Å². The third-order valence-corrected chi connectivity index (χ3v) is 4.00. The molecule has 1 heterocycles. The van der Waals surface area contributed by atoms with E-state index in [1.807, 2.05) is 13.8 Å². The fraction of sp³-hybridized carbons (Fsp3) is 0.929. The molecule has 0 aromatic carbocycles. The molecule has 1 N–H and O–H groups in total. The minimum atomic E-state index is -0.384. The number of hydrogen-bond acceptors (Lipinski definition) is 4. The van der Waals surface area contributed by atoms with E-state index in [4.69, 9.17) is 0 Å². The van der Waals surface area contributed by atoms with Crippen molar-refractivity contribution in [3.63, 3.8) is 0 Å². The number of rotatable bonds is 7. The number of nitrogens with one attached hydrogen (secondary N) is 1. The van der Waals surface area contributed by atoms with Crippen molar-refractivity contribution in [2.75, 3.05) is 40.3 Å². The molecule has 1 aliphatic rings. The number of hydrogen-bond donors (Lipinski definition) is 1. The zero-order valence-electron chi connectivity index (χ0n) is 12.4. The molecule has 2 atom stereocenters. The lowest BCUT2D eigenvalue weighted by molar-refractivity contribution is 0.209. The summed E-state index contributed by atoms with van der Waals surface area (Å²) in [7, 11) is 4.37. The van der Waals surface area contributed by atoms with Crippen molar-refractivity contribution in [1.82, 2.24) is 15.1 Å². The Morgan fingerprint density at radius 2 is 2.28 bits per heavy atom. The van der Waals surface area contributed by atoms with Crippen molar-refractivity contribution in [2.45, 2.75) is 44.7 Å². The SMILES string of the molecule is CCNC(C)(C#N)CCN(C)CC1CCCN1C. The van der Waals surface area contributed by atoms with Gasteiger partial charge in [-0.3, -0.25) is 5.32 Å². The van der Waals surface area contributed by atoms with Crippen molar-refractivity contribution in [1.29, 1.82) is 5.26 Å². The van der Waals surface area contributed by atoms with E-state index in [1.54, 1.807) is 0 Å². The van der Waals surface area contributed by atoms with Crippen LogP contribution in [0.5, 0.6) is 0 Å². The Morgan fingerprint density at radius 3 is 2.78 bits per heavy atom. The molecule has 0 radical (unpaired) electrons. The van der Waals surface area contributed by atoms with Gasteiger partial charge in [0.25, 0.3) is 0 Å². The van der Waals surface area contributed by atoms with E-state index in [0.717, 1.165) is 26.1 Å². The molecule has 4 nitrogen and oxygen atoms in total. The Balaban J connectivity index is 2.32. The molecular formula is C14H28N4. The van der Waals surface area contributed by atoms with Gasteiger partial charge in [0.15, 0.2) is 0 Å². The molecule has 1 saturated heterocycles. The van der Waals surface area contributed by atoms with Gasteiger partial charge in [-0.25, -0.2) is 0 Å². The second-order valence-electron chi connectivity index (χ2n) is 5.76. The lowest BCUT2D eigenvalue weighted by atomic mass is 9.99. The van der Waals surface area contributed by atoms with E-state index in [2.05, 4.69) is 35.3 Å². The predicted octanol–water partition coefficient (Wildman–Crippen LogP) is 1.29. The van der Waals surface area contributed by atoms with Crippen LogP contribution in [0.4, 0.5) is 0 Å². The summed E-state index contributed by atoms with van der Waals surface area (Å²) >= 11 is 0. The van der Waals surface area contributed by atoms with Crippen LogP contribution in [-0.4, -0.2) is 61.7 Å². The average molecular weight is 252 g/mol. The molecule has 0 aliphatic carbocycles. The topological polar surface area (TPSA) is 42.3 Å². The molecule has 0 bridgehead atoms. The van der Waals surface area contributed by atoms with Gasteiger partial charge in [-0.05, 0) is 53.4 Å². The van der Waals surface area contributed by atoms with Crippen LogP contribution in [0.2, 0.25) is 0 Å². The van der Waals surface area contributed by atoms with Crippen LogP contribution in [-0.2, 0) is 0 Å². The Labute approximate surface area is 112 Å². The first-order chi connectivity index (χ1) is 8.50. The molecule has 0 spiro atoms. The van der Waals surface area contributed by atoms with E-state index in [9.17, 15) is 5.26 Å². The number of nitrogens with zero attached hydrogens (tertiary/aromatic N) is 3. The Kier molecular flexibility index (Phi) is 6.07. The summed E-state index contributed by atoms with van der Waals surface area (Å²) in [5.41, 5.74) is -0.384. The van der Waals surface area contributed by atoms with Crippen LogP contribution in [0.3, 0.4) is 0 Å². The highest BCUT2D eigenvalue weighted by Crippen LogP contribution is 2.16. The monoisotopic (exact) mass is 252 g/mol. The molecule has 0 aromatic rings. The second kappa shape index (κ2) is 7.08. The third-order valence-electron chi connectivity index (χ3n) is 4.00. The van der Waals surface area contributed by atoms with E-state index in [0.29, 0.717) is 6.04 Å². The zero-order chi connectivity index (χ0) is 13.6. The van der Waals surface area contributed by atoms with Crippen LogP contribution in [0.15, 0.2) is 0 Å². The van der Waals surface area contributed by atoms with Gasteiger partial charge < -0.3 is 9.80 Å². The summed E-state index contributed by atoms with van der Waals surface area (Å²) in [5, 5.41) is 12.5. The maximum Gasteiger partial charge on any atom is 0.105 e. The van der Waals surface area contributed by atoms with Crippen LogP contribution in [0.25, 0.3) is 0 Å². The maximum atomic E-state index is 9.22. The van der Waals surface area contributed by atoms with E-state index >= 15 is 0 Å².